The molecule has 0 radical (unpaired) electrons. The number of carbonyl (C=O) groups excluding carboxylic acids is 2. The lowest BCUT2D eigenvalue weighted by Gasteiger charge is -2.21. The summed E-state index contributed by atoms with van der Waals surface area (Å²) in [6, 6.07) is 13.6. The number of fused-ring (bicyclic) bond motifs is 1. The number of amides is 2. The average molecular weight is 393 g/mol. The molecule has 1 aliphatic rings. The number of nitrogens with one attached hydrogen (secondary N) is 2. The van der Waals surface area contributed by atoms with E-state index < -0.39 is 5.91 Å². The number of rotatable bonds is 7. The fourth-order valence-electron chi connectivity index (χ4n) is 3.75. The van der Waals surface area contributed by atoms with Crippen LogP contribution in [0.1, 0.15) is 53.4 Å². The van der Waals surface area contributed by atoms with E-state index >= 15 is 0 Å². The molecular weight excluding hydrogens is 366 g/mol. The van der Waals surface area contributed by atoms with Crippen molar-refractivity contribution in [2.75, 3.05) is 18.0 Å². The second-order valence-electron chi connectivity index (χ2n) is 7.05. The molecule has 6 heteroatoms. The Balaban J connectivity index is 1.67. The smallest absolute Gasteiger partial charge is 0.267 e. The molecule has 0 bridgehead atoms. The van der Waals surface area contributed by atoms with Crippen LogP contribution in [-0.4, -0.2) is 30.1 Å². The van der Waals surface area contributed by atoms with E-state index in [2.05, 4.69) is 24.1 Å². The van der Waals surface area contributed by atoms with Crippen LogP contribution in [0.3, 0.4) is 0 Å². The second kappa shape index (κ2) is 9.39. The fourth-order valence-corrected chi connectivity index (χ4v) is 3.75. The number of nitrogens with zero attached hydrogens (tertiary/aromatic N) is 1. The third kappa shape index (κ3) is 4.84. The molecule has 0 saturated carbocycles. The number of hydrogen-bond donors (Lipinski definition) is 3. The van der Waals surface area contributed by atoms with E-state index in [1.165, 1.54) is 11.6 Å². The van der Waals surface area contributed by atoms with Gasteiger partial charge in [-0.2, -0.15) is 0 Å². The highest BCUT2D eigenvalue weighted by molar-refractivity contribution is 5.95. The normalized spacial score (nSPS) is 15.2. The molecule has 2 aromatic rings. The predicted octanol–water partition coefficient (Wildman–Crippen LogP) is 3.47. The Bertz CT molecular complexity index is 902. The standard InChI is InChI=1S/C23H27N3O3/c1-3-26(4-2)19-10-7-17(8-11-19)23(28)24-21-13-9-18-15-16(5-12-20(18)21)6-14-22(27)25-29/h5-8,10-12,14-15,21,29H,3-4,9,13H2,1-2H3,(H,24,28)(H,25,27)/b14-6+. The number of anilines is 1. The first-order valence-electron chi connectivity index (χ1n) is 9.96. The molecule has 0 saturated heterocycles. The van der Waals surface area contributed by atoms with Gasteiger partial charge in [0.05, 0.1) is 6.04 Å². The van der Waals surface area contributed by atoms with Crippen LogP contribution in [0.25, 0.3) is 6.08 Å². The Hall–Kier alpha value is -3.12. The van der Waals surface area contributed by atoms with Crippen molar-refractivity contribution in [3.63, 3.8) is 0 Å². The van der Waals surface area contributed by atoms with Crippen LogP contribution in [-0.2, 0) is 11.2 Å². The Labute approximate surface area is 171 Å². The van der Waals surface area contributed by atoms with Gasteiger partial charge in [0.25, 0.3) is 11.8 Å². The van der Waals surface area contributed by atoms with Gasteiger partial charge in [-0.25, -0.2) is 5.48 Å². The molecule has 2 amide bonds. The fraction of sp³-hybridized carbons (Fsp3) is 0.304. The quantitative estimate of drug-likeness (QED) is 0.382. The Morgan fingerprint density at radius 1 is 1.14 bits per heavy atom. The van der Waals surface area contributed by atoms with Gasteiger partial charge in [-0.3, -0.25) is 14.8 Å². The first-order valence-corrected chi connectivity index (χ1v) is 9.96. The zero-order valence-corrected chi connectivity index (χ0v) is 16.8. The lowest BCUT2D eigenvalue weighted by molar-refractivity contribution is -0.124. The van der Waals surface area contributed by atoms with Crippen LogP contribution in [0.2, 0.25) is 0 Å². The molecule has 1 aliphatic carbocycles. The number of hydroxylamine groups is 1. The second-order valence-corrected chi connectivity index (χ2v) is 7.05. The molecule has 1 atom stereocenters. The minimum absolute atomic E-state index is 0.0151. The summed E-state index contributed by atoms with van der Waals surface area (Å²) in [6.07, 6.45) is 4.64. The third-order valence-electron chi connectivity index (χ3n) is 5.35. The summed E-state index contributed by atoms with van der Waals surface area (Å²) >= 11 is 0. The summed E-state index contributed by atoms with van der Waals surface area (Å²) < 4.78 is 0. The summed E-state index contributed by atoms with van der Waals surface area (Å²) in [6.45, 7) is 6.10. The summed E-state index contributed by atoms with van der Waals surface area (Å²) in [7, 11) is 0. The molecule has 0 aliphatic heterocycles. The molecule has 3 rings (SSSR count). The molecule has 0 fully saturated rings. The van der Waals surface area contributed by atoms with Crippen LogP contribution in [0, 0.1) is 0 Å². The van der Waals surface area contributed by atoms with Crippen molar-refractivity contribution in [3.05, 3.63) is 70.8 Å². The molecule has 3 N–H and O–H groups in total. The van der Waals surface area contributed by atoms with E-state index in [0.717, 1.165) is 42.7 Å². The van der Waals surface area contributed by atoms with Crippen molar-refractivity contribution < 1.29 is 14.8 Å². The van der Waals surface area contributed by atoms with Gasteiger partial charge in [0.1, 0.15) is 0 Å². The van der Waals surface area contributed by atoms with Crippen molar-refractivity contribution in [3.8, 4) is 0 Å². The molecule has 2 aromatic carbocycles. The van der Waals surface area contributed by atoms with Crippen LogP contribution in [0.4, 0.5) is 5.69 Å². The van der Waals surface area contributed by atoms with Gasteiger partial charge in [-0.1, -0.05) is 18.2 Å². The molecule has 29 heavy (non-hydrogen) atoms. The predicted molar refractivity (Wildman–Crippen MR) is 114 cm³/mol. The van der Waals surface area contributed by atoms with E-state index in [9.17, 15) is 9.59 Å². The van der Waals surface area contributed by atoms with Crippen molar-refractivity contribution in [1.29, 1.82) is 0 Å². The maximum absolute atomic E-state index is 12.7. The van der Waals surface area contributed by atoms with E-state index in [4.69, 9.17) is 5.21 Å². The zero-order valence-electron chi connectivity index (χ0n) is 16.8. The topological polar surface area (TPSA) is 81.7 Å². The lowest BCUT2D eigenvalue weighted by Crippen LogP contribution is -2.27. The number of hydrogen-bond acceptors (Lipinski definition) is 4. The Morgan fingerprint density at radius 2 is 1.86 bits per heavy atom. The maximum atomic E-state index is 12.7. The third-order valence-corrected chi connectivity index (χ3v) is 5.35. The molecule has 152 valence electrons. The van der Waals surface area contributed by atoms with Crippen LogP contribution >= 0.6 is 0 Å². The van der Waals surface area contributed by atoms with Gasteiger partial charge in [-0.15, -0.1) is 0 Å². The summed E-state index contributed by atoms with van der Waals surface area (Å²) in [5.74, 6) is -0.639. The summed E-state index contributed by atoms with van der Waals surface area (Å²) in [4.78, 5) is 26.1. The first kappa shape index (κ1) is 20.6. The van der Waals surface area contributed by atoms with Gasteiger partial charge >= 0.3 is 0 Å². The highest BCUT2D eigenvalue weighted by atomic mass is 16.5. The Morgan fingerprint density at radius 3 is 2.52 bits per heavy atom. The molecule has 0 heterocycles. The Kier molecular flexibility index (Phi) is 6.67. The zero-order chi connectivity index (χ0) is 20.8. The number of carbonyl (C=O) groups is 2. The molecule has 0 aromatic heterocycles. The van der Waals surface area contributed by atoms with E-state index in [0.29, 0.717) is 5.56 Å². The van der Waals surface area contributed by atoms with Gasteiger partial charge in [0.2, 0.25) is 0 Å². The van der Waals surface area contributed by atoms with Gasteiger partial charge in [-0.05, 0) is 73.7 Å². The SMILES string of the molecule is CCN(CC)c1ccc(C(=O)NC2CCc3cc(/C=C/C(=O)NO)ccc32)cc1. The van der Waals surface area contributed by atoms with E-state index in [-0.39, 0.29) is 11.9 Å². The van der Waals surface area contributed by atoms with Gasteiger partial charge in [0.15, 0.2) is 0 Å². The minimum Gasteiger partial charge on any atom is -0.372 e. The lowest BCUT2D eigenvalue weighted by atomic mass is 10.0. The highest BCUT2D eigenvalue weighted by Gasteiger charge is 2.24. The van der Waals surface area contributed by atoms with E-state index in [1.807, 2.05) is 42.5 Å². The van der Waals surface area contributed by atoms with Crippen molar-refractivity contribution in [2.45, 2.75) is 32.7 Å². The van der Waals surface area contributed by atoms with Crippen LogP contribution < -0.4 is 15.7 Å². The minimum atomic E-state index is -0.567. The van der Waals surface area contributed by atoms with E-state index in [1.54, 1.807) is 11.6 Å². The monoisotopic (exact) mass is 393 g/mol. The first-order chi connectivity index (χ1) is 14.0. The van der Waals surface area contributed by atoms with Crippen LogP contribution in [0.5, 0.6) is 0 Å². The average Bonchev–Trinajstić information content (AvgIpc) is 3.15. The van der Waals surface area contributed by atoms with Crippen molar-refractivity contribution >= 4 is 23.6 Å². The number of benzene rings is 2. The number of aryl methyl sites for hydroxylation is 1. The largest absolute Gasteiger partial charge is 0.372 e. The van der Waals surface area contributed by atoms with Crippen molar-refractivity contribution in [1.82, 2.24) is 10.8 Å². The molecule has 1 unspecified atom stereocenters. The highest BCUT2D eigenvalue weighted by Crippen LogP contribution is 2.32. The summed E-state index contributed by atoms with van der Waals surface area (Å²) in [5, 5.41) is 11.7. The molecule has 0 spiro atoms. The van der Waals surface area contributed by atoms with Gasteiger partial charge < -0.3 is 10.2 Å². The van der Waals surface area contributed by atoms with Gasteiger partial charge in [0, 0.05) is 30.4 Å². The summed E-state index contributed by atoms with van der Waals surface area (Å²) in [5.41, 5.74) is 6.51. The van der Waals surface area contributed by atoms with Crippen molar-refractivity contribution in [2.24, 2.45) is 0 Å². The molecule has 6 nitrogen and oxygen atoms in total. The maximum Gasteiger partial charge on any atom is 0.267 e. The van der Waals surface area contributed by atoms with Crippen LogP contribution in [0.15, 0.2) is 48.5 Å². The molecular formula is C23H27N3O3.